The number of rotatable bonds is 5. The standard InChI is InChI=1S/C14H19F2NO/c1-8(2)13(17-10-4-5-10)14(18)9-3-6-11(15)12(16)7-9/h3,6-8,10,13-14,17-18H,4-5H2,1-2H3. The number of hydrogen-bond donors (Lipinski definition) is 2. The lowest BCUT2D eigenvalue weighted by molar-refractivity contribution is 0.104. The van der Waals surface area contributed by atoms with Gasteiger partial charge in [-0.15, -0.1) is 0 Å². The summed E-state index contributed by atoms with van der Waals surface area (Å²) in [5.74, 6) is -1.59. The van der Waals surface area contributed by atoms with Crippen LogP contribution in [0, 0.1) is 17.6 Å². The molecule has 4 heteroatoms. The van der Waals surface area contributed by atoms with Gasteiger partial charge in [-0.2, -0.15) is 0 Å². The van der Waals surface area contributed by atoms with Crippen LogP contribution >= 0.6 is 0 Å². The highest BCUT2D eigenvalue weighted by atomic mass is 19.2. The van der Waals surface area contributed by atoms with Crippen molar-refractivity contribution in [1.82, 2.24) is 5.32 Å². The summed E-state index contributed by atoms with van der Waals surface area (Å²) in [5, 5.41) is 13.6. The van der Waals surface area contributed by atoms with Crippen LogP contribution in [0.1, 0.15) is 38.4 Å². The minimum atomic E-state index is -0.916. The molecule has 1 aromatic rings. The van der Waals surface area contributed by atoms with Crippen molar-refractivity contribution < 1.29 is 13.9 Å². The molecule has 1 aromatic carbocycles. The normalized spacial score (nSPS) is 19.0. The number of halogens is 2. The van der Waals surface area contributed by atoms with E-state index in [9.17, 15) is 13.9 Å². The van der Waals surface area contributed by atoms with E-state index in [4.69, 9.17) is 0 Å². The highest BCUT2D eigenvalue weighted by molar-refractivity contribution is 5.21. The van der Waals surface area contributed by atoms with Crippen molar-refractivity contribution in [2.75, 3.05) is 0 Å². The molecule has 1 fully saturated rings. The van der Waals surface area contributed by atoms with Gasteiger partial charge < -0.3 is 10.4 Å². The summed E-state index contributed by atoms with van der Waals surface area (Å²) in [6.45, 7) is 4.01. The molecule has 1 aliphatic rings. The van der Waals surface area contributed by atoms with Crippen molar-refractivity contribution in [2.45, 2.75) is 44.9 Å². The van der Waals surface area contributed by atoms with Crippen molar-refractivity contribution in [3.63, 3.8) is 0 Å². The van der Waals surface area contributed by atoms with Crippen LogP contribution in [0.2, 0.25) is 0 Å². The second-order valence-corrected chi connectivity index (χ2v) is 5.33. The number of hydrogen-bond acceptors (Lipinski definition) is 2. The highest BCUT2D eigenvalue weighted by Crippen LogP contribution is 2.28. The van der Waals surface area contributed by atoms with Crippen LogP contribution in [-0.4, -0.2) is 17.2 Å². The second-order valence-electron chi connectivity index (χ2n) is 5.33. The Morgan fingerprint density at radius 2 is 1.89 bits per heavy atom. The molecule has 0 radical (unpaired) electrons. The predicted molar refractivity (Wildman–Crippen MR) is 66.1 cm³/mol. The molecular weight excluding hydrogens is 236 g/mol. The van der Waals surface area contributed by atoms with Gasteiger partial charge in [0, 0.05) is 12.1 Å². The summed E-state index contributed by atoms with van der Waals surface area (Å²) < 4.78 is 26.0. The number of aliphatic hydroxyl groups is 1. The Balaban J connectivity index is 2.15. The average Bonchev–Trinajstić information content (AvgIpc) is 3.12. The molecule has 0 heterocycles. The molecule has 2 nitrogen and oxygen atoms in total. The average molecular weight is 255 g/mol. The molecule has 2 N–H and O–H groups in total. The summed E-state index contributed by atoms with van der Waals surface area (Å²) >= 11 is 0. The first-order valence-corrected chi connectivity index (χ1v) is 6.38. The maximum atomic E-state index is 13.2. The molecule has 0 saturated heterocycles. The largest absolute Gasteiger partial charge is 0.387 e. The lowest BCUT2D eigenvalue weighted by Crippen LogP contribution is -2.40. The van der Waals surface area contributed by atoms with Gasteiger partial charge in [-0.25, -0.2) is 8.78 Å². The van der Waals surface area contributed by atoms with Gasteiger partial charge in [0.2, 0.25) is 0 Å². The van der Waals surface area contributed by atoms with Crippen LogP contribution in [0.5, 0.6) is 0 Å². The van der Waals surface area contributed by atoms with Crippen LogP contribution in [-0.2, 0) is 0 Å². The van der Waals surface area contributed by atoms with E-state index in [2.05, 4.69) is 5.32 Å². The smallest absolute Gasteiger partial charge is 0.159 e. The number of nitrogens with one attached hydrogen (secondary N) is 1. The molecule has 100 valence electrons. The predicted octanol–water partition coefficient (Wildman–Crippen LogP) is 2.77. The van der Waals surface area contributed by atoms with Crippen molar-refractivity contribution >= 4 is 0 Å². The fourth-order valence-electron chi connectivity index (χ4n) is 2.07. The van der Waals surface area contributed by atoms with Gasteiger partial charge in [-0.3, -0.25) is 0 Å². The van der Waals surface area contributed by atoms with Crippen molar-refractivity contribution in [3.05, 3.63) is 35.4 Å². The van der Waals surface area contributed by atoms with Gasteiger partial charge in [-0.1, -0.05) is 19.9 Å². The minimum absolute atomic E-state index is 0.137. The monoisotopic (exact) mass is 255 g/mol. The van der Waals surface area contributed by atoms with Crippen molar-refractivity contribution in [3.8, 4) is 0 Å². The molecule has 0 aliphatic heterocycles. The van der Waals surface area contributed by atoms with E-state index in [1.807, 2.05) is 13.8 Å². The molecule has 1 saturated carbocycles. The lowest BCUT2D eigenvalue weighted by Gasteiger charge is -2.28. The van der Waals surface area contributed by atoms with Crippen molar-refractivity contribution in [1.29, 1.82) is 0 Å². The van der Waals surface area contributed by atoms with E-state index in [0.717, 1.165) is 25.0 Å². The topological polar surface area (TPSA) is 32.3 Å². The van der Waals surface area contributed by atoms with E-state index < -0.39 is 17.7 Å². The fraction of sp³-hybridized carbons (Fsp3) is 0.571. The molecule has 1 aliphatic carbocycles. The zero-order chi connectivity index (χ0) is 13.3. The van der Waals surface area contributed by atoms with Crippen LogP contribution in [0.4, 0.5) is 8.78 Å². The van der Waals surface area contributed by atoms with Gasteiger partial charge >= 0.3 is 0 Å². The Bertz CT molecular complexity index is 418. The molecule has 2 atom stereocenters. The van der Waals surface area contributed by atoms with Crippen LogP contribution in [0.25, 0.3) is 0 Å². The molecule has 2 unspecified atom stereocenters. The molecule has 0 bridgehead atoms. The minimum Gasteiger partial charge on any atom is -0.387 e. The Kier molecular flexibility index (Phi) is 3.97. The third kappa shape index (κ3) is 3.06. The molecule has 2 rings (SSSR count). The van der Waals surface area contributed by atoms with Crippen LogP contribution in [0.3, 0.4) is 0 Å². The summed E-state index contributed by atoms with van der Waals surface area (Å²) in [6, 6.07) is 3.89. The fourth-order valence-corrected chi connectivity index (χ4v) is 2.07. The first-order chi connectivity index (χ1) is 8.49. The third-order valence-electron chi connectivity index (χ3n) is 3.35. The Morgan fingerprint density at radius 3 is 2.39 bits per heavy atom. The first kappa shape index (κ1) is 13.4. The quantitative estimate of drug-likeness (QED) is 0.848. The van der Waals surface area contributed by atoms with Gasteiger partial charge in [0.05, 0.1) is 6.10 Å². The zero-order valence-electron chi connectivity index (χ0n) is 10.7. The van der Waals surface area contributed by atoms with Gasteiger partial charge in [0.1, 0.15) is 0 Å². The molecule has 0 amide bonds. The second kappa shape index (κ2) is 5.33. The molecule has 0 spiro atoms. The van der Waals surface area contributed by atoms with Gasteiger partial charge in [0.25, 0.3) is 0 Å². The molecule has 18 heavy (non-hydrogen) atoms. The number of benzene rings is 1. The Morgan fingerprint density at radius 1 is 1.22 bits per heavy atom. The lowest BCUT2D eigenvalue weighted by atomic mass is 9.93. The third-order valence-corrected chi connectivity index (χ3v) is 3.35. The van der Waals surface area contributed by atoms with Crippen LogP contribution < -0.4 is 5.32 Å². The Labute approximate surface area is 106 Å². The summed E-state index contributed by atoms with van der Waals surface area (Å²) in [7, 11) is 0. The van der Waals surface area contributed by atoms with E-state index in [-0.39, 0.29) is 12.0 Å². The summed E-state index contributed by atoms with van der Waals surface area (Å²) in [5.41, 5.74) is 0.417. The van der Waals surface area contributed by atoms with Crippen LogP contribution in [0.15, 0.2) is 18.2 Å². The van der Waals surface area contributed by atoms with E-state index in [1.165, 1.54) is 6.07 Å². The molecule has 0 aromatic heterocycles. The SMILES string of the molecule is CC(C)C(NC1CC1)C(O)c1ccc(F)c(F)c1. The maximum Gasteiger partial charge on any atom is 0.159 e. The Hall–Kier alpha value is -1.00. The highest BCUT2D eigenvalue weighted by Gasteiger charge is 2.31. The maximum absolute atomic E-state index is 13.2. The van der Waals surface area contributed by atoms with Crippen molar-refractivity contribution in [2.24, 2.45) is 5.92 Å². The van der Waals surface area contributed by atoms with E-state index >= 15 is 0 Å². The molecular formula is C14H19F2NO. The van der Waals surface area contributed by atoms with E-state index in [1.54, 1.807) is 0 Å². The number of aliphatic hydroxyl groups excluding tert-OH is 1. The zero-order valence-corrected chi connectivity index (χ0v) is 10.7. The summed E-state index contributed by atoms with van der Waals surface area (Å²) in [6.07, 6.45) is 1.42. The summed E-state index contributed by atoms with van der Waals surface area (Å²) in [4.78, 5) is 0. The van der Waals surface area contributed by atoms with Gasteiger partial charge in [-0.05, 0) is 36.5 Å². The van der Waals surface area contributed by atoms with E-state index in [0.29, 0.717) is 11.6 Å². The van der Waals surface area contributed by atoms with Gasteiger partial charge in [0.15, 0.2) is 11.6 Å². The first-order valence-electron chi connectivity index (χ1n) is 6.38.